The maximum Gasteiger partial charge on any atom is 0.257 e. The van der Waals surface area contributed by atoms with Gasteiger partial charge in [0.2, 0.25) is 5.91 Å². The lowest BCUT2D eigenvalue weighted by atomic mass is 10.3. The predicted molar refractivity (Wildman–Crippen MR) is 92.5 cm³/mol. The smallest absolute Gasteiger partial charge is 0.257 e. The van der Waals surface area contributed by atoms with Gasteiger partial charge in [-0.1, -0.05) is 36.0 Å². The average molecular weight is 410 g/mol. The molecule has 0 spiro atoms. The summed E-state index contributed by atoms with van der Waals surface area (Å²) in [6.45, 7) is 0. The summed E-state index contributed by atoms with van der Waals surface area (Å²) in [4.78, 5) is 16.3. The molecule has 0 radical (unpaired) electrons. The molecule has 0 aliphatic carbocycles. The van der Waals surface area contributed by atoms with Gasteiger partial charge in [0.05, 0.1) is 11.4 Å². The van der Waals surface area contributed by atoms with Crippen molar-refractivity contribution in [2.45, 2.75) is 5.22 Å². The van der Waals surface area contributed by atoms with Crippen molar-refractivity contribution in [2.75, 3.05) is 11.1 Å². The third kappa shape index (κ3) is 3.56. The quantitative estimate of drug-likeness (QED) is 0.519. The summed E-state index contributed by atoms with van der Waals surface area (Å²) in [7, 11) is 0. The van der Waals surface area contributed by atoms with E-state index in [0.29, 0.717) is 5.22 Å². The summed E-state index contributed by atoms with van der Waals surface area (Å²) in [6.07, 6.45) is 0. The van der Waals surface area contributed by atoms with Gasteiger partial charge in [-0.05, 0) is 46.9 Å². The fourth-order valence-corrected chi connectivity index (χ4v) is 2.95. The fourth-order valence-electron chi connectivity index (χ4n) is 1.79. The number of hydrogen-bond acceptors (Lipinski definition) is 4. The highest BCUT2D eigenvalue weighted by atomic mass is 127. The van der Waals surface area contributed by atoms with E-state index in [2.05, 4.69) is 32.9 Å². The van der Waals surface area contributed by atoms with Crippen LogP contribution in [0.5, 0.6) is 0 Å². The summed E-state index contributed by atoms with van der Waals surface area (Å²) in [6, 6.07) is 15.2. The van der Waals surface area contributed by atoms with Crippen molar-refractivity contribution in [2.24, 2.45) is 0 Å². The molecule has 0 fully saturated rings. The van der Waals surface area contributed by atoms with Gasteiger partial charge in [0.1, 0.15) is 5.52 Å². The van der Waals surface area contributed by atoms with E-state index < -0.39 is 0 Å². The van der Waals surface area contributed by atoms with Crippen LogP contribution in [-0.4, -0.2) is 16.6 Å². The number of oxazole rings is 1. The second-order valence-corrected chi connectivity index (χ2v) is 6.35. The van der Waals surface area contributed by atoms with Gasteiger partial charge in [-0.3, -0.25) is 4.79 Å². The van der Waals surface area contributed by atoms with Gasteiger partial charge in [-0.15, -0.1) is 0 Å². The lowest BCUT2D eigenvalue weighted by molar-refractivity contribution is -0.113. The molecule has 6 heteroatoms. The highest BCUT2D eigenvalue weighted by molar-refractivity contribution is 14.1. The first-order valence-corrected chi connectivity index (χ1v) is 8.31. The standard InChI is InChI=1S/C15H11IN2O2S/c16-10-5-1-2-6-11(10)17-14(19)9-21-15-18-12-7-3-4-8-13(12)20-15/h1-8H,9H2,(H,17,19). The Kier molecular flexibility index (Phi) is 4.45. The summed E-state index contributed by atoms with van der Waals surface area (Å²) in [5.41, 5.74) is 2.36. The van der Waals surface area contributed by atoms with Crippen LogP contribution in [0.4, 0.5) is 5.69 Å². The molecule has 0 unspecified atom stereocenters. The second-order valence-electron chi connectivity index (χ2n) is 4.26. The van der Waals surface area contributed by atoms with Crippen molar-refractivity contribution in [1.29, 1.82) is 0 Å². The maximum atomic E-state index is 11.9. The lowest BCUT2D eigenvalue weighted by Gasteiger charge is -2.05. The van der Waals surface area contributed by atoms with Crippen LogP contribution in [0.3, 0.4) is 0 Å². The van der Waals surface area contributed by atoms with E-state index >= 15 is 0 Å². The van der Waals surface area contributed by atoms with Crippen molar-refractivity contribution in [1.82, 2.24) is 4.98 Å². The van der Waals surface area contributed by atoms with Crippen LogP contribution < -0.4 is 5.32 Å². The third-order valence-corrected chi connectivity index (χ3v) is 4.52. The van der Waals surface area contributed by atoms with Crippen molar-refractivity contribution >= 4 is 57.0 Å². The van der Waals surface area contributed by atoms with Gasteiger partial charge in [0, 0.05) is 3.57 Å². The van der Waals surface area contributed by atoms with E-state index in [-0.39, 0.29) is 11.7 Å². The van der Waals surface area contributed by atoms with Gasteiger partial charge in [0.25, 0.3) is 5.22 Å². The molecule has 0 aliphatic heterocycles. The molecule has 106 valence electrons. The number of carbonyl (C=O) groups is 1. The fraction of sp³-hybridized carbons (Fsp3) is 0.0667. The lowest BCUT2D eigenvalue weighted by Crippen LogP contribution is -2.14. The number of para-hydroxylation sites is 3. The minimum absolute atomic E-state index is 0.0774. The van der Waals surface area contributed by atoms with Crippen LogP contribution in [-0.2, 0) is 4.79 Å². The summed E-state index contributed by atoms with van der Waals surface area (Å²) < 4.78 is 6.57. The first-order valence-electron chi connectivity index (χ1n) is 6.25. The molecule has 1 heterocycles. The van der Waals surface area contributed by atoms with Crippen molar-refractivity contribution in [3.63, 3.8) is 0 Å². The number of fused-ring (bicyclic) bond motifs is 1. The zero-order valence-corrected chi connectivity index (χ0v) is 13.8. The Morgan fingerprint density at radius 2 is 1.95 bits per heavy atom. The topological polar surface area (TPSA) is 55.1 Å². The molecule has 0 saturated heterocycles. The van der Waals surface area contributed by atoms with Crippen molar-refractivity contribution in [3.05, 3.63) is 52.1 Å². The second kappa shape index (κ2) is 6.48. The van der Waals surface area contributed by atoms with Crippen LogP contribution in [0.15, 0.2) is 58.2 Å². The molecule has 3 aromatic rings. The molecule has 0 bridgehead atoms. The SMILES string of the molecule is O=C(CSc1nc2ccccc2o1)Nc1ccccc1I. The number of nitrogens with zero attached hydrogens (tertiary/aromatic N) is 1. The summed E-state index contributed by atoms with van der Waals surface area (Å²) in [5, 5.41) is 3.39. The number of halogens is 1. The number of nitrogens with one attached hydrogen (secondary N) is 1. The zero-order chi connectivity index (χ0) is 14.7. The Hall–Kier alpha value is -1.54. The van der Waals surface area contributed by atoms with Gasteiger partial charge in [-0.25, -0.2) is 4.98 Å². The molecule has 1 N–H and O–H groups in total. The number of benzene rings is 2. The number of amides is 1. The third-order valence-electron chi connectivity index (χ3n) is 2.75. The number of thioether (sulfide) groups is 1. The number of carbonyl (C=O) groups excluding carboxylic acids is 1. The van der Waals surface area contributed by atoms with Gasteiger partial charge in [-0.2, -0.15) is 0 Å². The first kappa shape index (κ1) is 14.4. The minimum Gasteiger partial charge on any atom is -0.431 e. The van der Waals surface area contributed by atoms with E-state index in [1.54, 1.807) is 0 Å². The van der Waals surface area contributed by atoms with Crippen LogP contribution in [0.2, 0.25) is 0 Å². The maximum absolute atomic E-state index is 11.9. The molecule has 1 aromatic heterocycles. The Bertz CT molecular complexity index is 755. The van der Waals surface area contributed by atoms with E-state index in [0.717, 1.165) is 20.4 Å². The Labute approximate surface area is 139 Å². The highest BCUT2D eigenvalue weighted by Gasteiger charge is 2.10. The van der Waals surface area contributed by atoms with Crippen LogP contribution in [0.1, 0.15) is 0 Å². The molecular weight excluding hydrogens is 399 g/mol. The first-order chi connectivity index (χ1) is 10.2. The molecule has 4 nitrogen and oxygen atoms in total. The summed E-state index contributed by atoms with van der Waals surface area (Å²) in [5.74, 6) is 0.184. The molecule has 2 aromatic carbocycles. The molecule has 0 atom stereocenters. The van der Waals surface area contributed by atoms with Crippen molar-refractivity contribution in [3.8, 4) is 0 Å². The monoisotopic (exact) mass is 410 g/mol. The van der Waals surface area contributed by atoms with Crippen LogP contribution >= 0.6 is 34.4 Å². The minimum atomic E-state index is -0.0774. The molecule has 3 rings (SSSR count). The largest absolute Gasteiger partial charge is 0.431 e. The number of aromatic nitrogens is 1. The van der Waals surface area contributed by atoms with Crippen LogP contribution in [0, 0.1) is 3.57 Å². The predicted octanol–water partition coefficient (Wildman–Crippen LogP) is 4.16. The zero-order valence-electron chi connectivity index (χ0n) is 10.9. The molecule has 0 saturated carbocycles. The van der Waals surface area contributed by atoms with Crippen LogP contribution in [0.25, 0.3) is 11.1 Å². The Morgan fingerprint density at radius 1 is 1.19 bits per heavy atom. The molecular formula is C15H11IN2O2S. The Balaban J connectivity index is 1.62. The summed E-state index contributed by atoms with van der Waals surface area (Å²) >= 11 is 3.48. The highest BCUT2D eigenvalue weighted by Crippen LogP contribution is 2.23. The Morgan fingerprint density at radius 3 is 2.76 bits per heavy atom. The van der Waals surface area contributed by atoms with Gasteiger partial charge >= 0.3 is 0 Å². The van der Waals surface area contributed by atoms with Gasteiger partial charge < -0.3 is 9.73 Å². The normalized spacial score (nSPS) is 10.7. The number of anilines is 1. The van der Waals surface area contributed by atoms with Gasteiger partial charge in [0.15, 0.2) is 5.58 Å². The van der Waals surface area contributed by atoms with Crippen molar-refractivity contribution < 1.29 is 9.21 Å². The molecule has 0 aliphatic rings. The average Bonchev–Trinajstić information content (AvgIpc) is 2.90. The van der Waals surface area contributed by atoms with E-state index in [4.69, 9.17) is 4.42 Å². The molecule has 21 heavy (non-hydrogen) atoms. The number of hydrogen-bond donors (Lipinski definition) is 1. The van der Waals surface area contributed by atoms with E-state index in [9.17, 15) is 4.79 Å². The number of rotatable bonds is 4. The van der Waals surface area contributed by atoms with E-state index in [1.165, 1.54) is 11.8 Å². The van der Waals surface area contributed by atoms with E-state index in [1.807, 2.05) is 48.5 Å². The molecule has 1 amide bonds.